The normalized spacial score (nSPS) is 18.7. The molecule has 0 unspecified atom stereocenters. The molecule has 1 aliphatic heterocycles. The topological polar surface area (TPSA) is 52.7 Å². The molecule has 0 aromatic heterocycles. The molecular formula is C24H27Cl2N3O2. The molecule has 1 aliphatic carbocycles. The van der Waals surface area contributed by atoms with E-state index in [4.69, 9.17) is 23.2 Å². The molecule has 2 aliphatic rings. The minimum Gasteiger partial charge on any atom is -0.336 e. The number of halogens is 2. The third kappa shape index (κ3) is 5.22. The molecule has 0 radical (unpaired) electrons. The van der Waals surface area contributed by atoms with Crippen LogP contribution in [0.2, 0.25) is 10.0 Å². The molecule has 164 valence electrons. The van der Waals surface area contributed by atoms with Gasteiger partial charge in [0.2, 0.25) is 5.91 Å². The van der Waals surface area contributed by atoms with Crippen molar-refractivity contribution in [1.29, 1.82) is 0 Å². The Labute approximate surface area is 193 Å². The third-order valence-corrected chi connectivity index (χ3v) is 6.86. The summed E-state index contributed by atoms with van der Waals surface area (Å²) in [5.74, 6) is 0.322. The van der Waals surface area contributed by atoms with Crippen LogP contribution in [0.1, 0.15) is 36.0 Å². The Hall–Kier alpha value is -2.08. The van der Waals surface area contributed by atoms with E-state index in [9.17, 15) is 9.59 Å². The number of hydrogen-bond donors (Lipinski definition) is 1. The summed E-state index contributed by atoms with van der Waals surface area (Å²) in [6.07, 6.45) is 4.50. The Bertz CT molecular complexity index is 924. The first-order valence-electron chi connectivity index (χ1n) is 10.9. The highest BCUT2D eigenvalue weighted by atomic mass is 35.5. The average molecular weight is 460 g/mol. The van der Waals surface area contributed by atoms with E-state index in [1.165, 1.54) is 12.8 Å². The average Bonchev–Trinajstić information content (AvgIpc) is 3.29. The molecule has 1 saturated heterocycles. The molecule has 4 rings (SSSR count). The van der Waals surface area contributed by atoms with Crippen LogP contribution in [-0.2, 0) is 4.79 Å². The molecule has 2 aromatic carbocycles. The molecule has 0 bridgehead atoms. The third-order valence-electron chi connectivity index (χ3n) is 6.31. The maximum absolute atomic E-state index is 13.2. The van der Waals surface area contributed by atoms with Crippen LogP contribution in [-0.4, -0.2) is 53.8 Å². The Kier molecular flexibility index (Phi) is 7.16. The Morgan fingerprint density at radius 2 is 1.61 bits per heavy atom. The van der Waals surface area contributed by atoms with Gasteiger partial charge in [0.1, 0.15) is 0 Å². The van der Waals surface area contributed by atoms with Crippen LogP contribution < -0.4 is 5.32 Å². The summed E-state index contributed by atoms with van der Waals surface area (Å²) in [4.78, 5) is 30.3. The lowest BCUT2D eigenvalue weighted by Gasteiger charge is -2.40. The van der Waals surface area contributed by atoms with E-state index in [2.05, 4.69) is 10.2 Å². The van der Waals surface area contributed by atoms with E-state index in [1.54, 1.807) is 18.2 Å². The molecule has 2 amide bonds. The van der Waals surface area contributed by atoms with E-state index in [0.29, 0.717) is 47.7 Å². The zero-order valence-corrected chi connectivity index (χ0v) is 18.9. The van der Waals surface area contributed by atoms with Crippen molar-refractivity contribution in [2.24, 2.45) is 5.92 Å². The van der Waals surface area contributed by atoms with Gasteiger partial charge in [0.15, 0.2) is 0 Å². The Balaban J connectivity index is 1.43. The van der Waals surface area contributed by atoms with Gasteiger partial charge >= 0.3 is 0 Å². The van der Waals surface area contributed by atoms with Gasteiger partial charge < -0.3 is 10.2 Å². The molecule has 1 N–H and O–H groups in total. The standard InChI is InChI=1S/C24H27Cl2N3O2/c25-18-10-11-20(21(26)16-18)24(31)29-14-12-28(13-15-29)22(17-6-4-5-7-17)23(30)27-19-8-2-1-3-9-19/h1-3,8-11,16-17,22H,4-7,12-15H2,(H,27,30)/t22-/m0/s1. The van der Waals surface area contributed by atoms with E-state index in [0.717, 1.165) is 18.5 Å². The van der Waals surface area contributed by atoms with E-state index >= 15 is 0 Å². The molecule has 7 heteroatoms. The second kappa shape index (κ2) is 10.0. The first kappa shape index (κ1) is 22.1. The van der Waals surface area contributed by atoms with Gasteiger partial charge in [-0.05, 0) is 49.1 Å². The first-order valence-corrected chi connectivity index (χ1v) is 11.6. The summed E-state index contributed by atoms with van der Waals surface area (Å²) in [5, 5.41) is 3.97. The highest BCUT2D eigenvalue weighted by Crippen LogP contribution is 2.32. The molecule has 1 saturated carbocycles. The van der Waals surface area contributed by atoms with Crippen molar-refractivity contribution >= 4 is 40.7 Å². The second-order valence-corrected chi connectivity index (χ2v) is 9.14. The van der Waals surface area contributed by atoms with Gasteiger partial charge in [0.05, 0.1) is 16.6 Å². The largest absolute Gasteiger partial charge is 0.336 e. The predicted octanol–water partition coefficient (Wildman–Crippen LogP) is 4.95. The van der Waals surface area contributed by atoms with Crippen molar-refractivity contribution in [3.05, 3.63) is 64.1 Å². The Morgan fingerprint density at radius 3 is 2.26 bits per heavy atom. The lowest BCUT2D eigenvalue weighted by Crippen LogP contribution is -2.57. The number of carbonyl (C=O) groups is 2. The van der Waals surface area contributed by atoms with Gasteiger partial charge in [0.25, 0.3) is 5.91 Å². The number of rotatable bonds is 5. The smallest absolute Gasteiger partial charge is 0.255 e. The van der Waals surface area contributed by atoms with Crippen LogP contribution in [0.3, 0.4) is 0 Å². The molecule has 0 spiro atoms. The van der Waals surface area contributed by atoms with Crippen LogP contribution in [0.15, 0.2) is 48.5 Å². The van der Waals surface area contributed by atoms with Crippen LogP contribution in [0.5, 0.6) is 0 Å². The van der Waals surface area contributed by atoms with Gasteiger partial charge in [0, 0.05) is 36.9 Å². The lowest BCUT2D eigenvalue weighted by molar-refractivity contribution is -0.123. The van der Waals surface area contributed by atoms with Crippen molar-refractivity contribution in [2.75, 3.05) is 31.5 Å². The number of nitrogens with one attached hydrogen (secondary N) is 1. The molecule has 5 nitrogen and oxygen atoms in total. The van der Waals surface area contributed by atoms with Gasteiger partial charge in [-0.3, -0.25) is 14.5 Å². The molecule has 2 fully saturated rings. The number of anilines is 1. The summed E-state index contributed by atoms with van der Waals surface area (Å²) < 4.78 is 0. The van der Waals surface area contributed by atoms with Crippen LogP contribution in [0.25, 0.3) is 0 Å². The fourth-order valence-corrected chi connectivity index (χ4v) is 5.21. The minimum atomic E-state index is -0.168. The second-order valence-electron chi connectivity index (χ2n) is 8.30. The summed E-state index contributed by atoms with van der Waals surface area (Å²) in [6.45, 7) is 2.47. The number of hydrogen-bond acceptors (Lipinski definition) is 3. The van der Waals surface area contributed by atoms with Crippen LogP contribution >= 0.6 is 23.2 Å². The number of piperazine rings is 1. The van der Waals surface area contributed by atoms with Gasteiger partial charge in [-0.2, -0.15) is 0 Å². The number of benzene rings is 2. The van der Waals surface area contributed by atoms with Crippen LogP contribution in [0.4, 0.5) is 5.69 Å². The lowest BCUT2D eigenvalue weighted by atomic mass is 9.94. The van der Waals surface area contributed by atoms with E-state index in [-0.39, 0.29) is 17.9 Å². The van der Waals surface area contributed by atoms with Crippen LogP contribution in [0, 0.1) is 5.92 Å². The van der Waals surface area contributed by atoms with Gasteiger partial charge in [-0.25, -0.2) is 0 Å². The van der Waals surface area contributed by atoms with E-state index in [1.807, 2.05) is 35.2 Å². The molecule has 2 aromatic rings. The maximum Gasteiger partial charge on any atom is 0.255 e. The summed E-state index contributed by atoms with van der Waals surface area (Å²) in [5.41, 5.74) is 1.29. The maximum atomic E-state index is 13.2. The first-order chi connectivity index (χ1) is 15.0. The molecular weight excluding hydrogens is 433 g/mol. The van der Waals surface area contributed by atoms with E-state index < -0.39 is 0 Å². The van der Waals surface area contributed by atoms with Gasteiger partial charge in [-0.1, -0.05) is 54.2 Å². The monoisotopic (exact) mass is 459 g/mol. The quantitative estimate of drug-likeness (QED) is 0.687. The number of carbonyl (C=O) groups excluding carboxylic acids is 2. The fourth-order valence-electron chi connectivity index (χ4n) is 4.73. The van der Waals surface area contributed by atoms with Gasteiger partial charge in [-0.15, -0.1) is 0 Å². The van der Waals surface area contributed by atoms with Crippen molar-refractivity contribution in [3.63, 3.8) is 0 Å². The summed E-state index contributed by atoms with van der Waals surface area (Å²) in [6, 6.07) is 14.4. The van der Waals surface area contributed by atoms with Crippen molar-refractivity contribution in [1.82, 2.24) is 9.80 Å². The Morgan fingerprint density at radius 1 is 0.935 bits per heavy atom. The molecule has 31 heavy (non-hydrogen) atoms. The summed E-state index contributed by atoms with van der Waals surface area (Å²) in [7, 11) is 0. The number of amides is 2. The highest BCUT2D eigenvalue weighted by Gasteiger charge is 2.37. The molecule has 1 atom stereocenters. The van der Waals surface area contributed by atoms with Crippen molar-refractivity contribution in [2.45, 2.75) is 31.7 Å². The number of para-hydroxylation sites is 1. The summed E-state index contributed by atoms with van der Waals surface area (Å²) >= 11 is 12.2. The minimum absolute atomic E-state index is 0.0543. The predicted molar refractivity (Wildman–Crippen MR) is 125 cm³/mol. The highest BCUT2D eigenvalue weighted by molar-refractivity contribution is 6.36. The molecule has 1 heterocycles. The zero-order valence-electron chi connectivity index (χ0n) is 17.4. The van der Waals surface area contributed by atoms with Crippen molar-refractivity contribution in [3.8, 4) is 0 Å². The fraction of sp³-hybridized carbons (Fsp3) is 0.417. The zero-order chi connectivity index (χ0) is 21.8. The number of nitrogens with zero attached hydrogens (tertiary/aromatic N) is 2. The SMILES string of the molecule is O=C(Nc1ccccc1)[C@H](C1CCCC1)N1CCN(C(=O)c2ccc(Cl)cc2Cl)CC1. The van der Waals surface area contributed by atoms with Crippen molar-refractivity contribution < 1.29 is 9.59 Å².